The summed E-state index contributed by atoms with van der Waals surface area (Å²) in [7, 11) is 0. The van der Waals surface area contributed by atoms with Gasteiger partial charge in [-0.15, -0.1) is 10.2 Å². The Morgan fingerprint density at radius 2 is 1.61 bits per heavy atom. The molecule has 5 rings (SSSR count). The van der Waals surface area contributed by atoms with E-state index in [0.29, 0.717) is 37.0 Å². The fourth-order valence-electron chi connectivity index (χ4n) is 3.61. The number of carbonyl (C=O) groups is 2. The first-order valence-corrected chi connectivity index (χ1v) is 10.8. The number of amides is 3. The Morgan fingerprint density at radius 1 is 0.903 bits per heavy atom. The number of fused-ring (bicyclic) bond motifs is 1. The Bertz CT molecular complexity index is 1190. The molecule has 2 aromatic heterocycles. The number of hydrogen-bond acceptors (Lipinski definition) is 5. The lowest BCUT2D eigenvalue weighted by molar-refractivity contribution is 0.0667. The topological polar surface area (TPSA) is 94.2 Å². The predicted octanol–water partition coefficient (Wildman–Crippen LogP) is 3.68. The number of urea groups is 1. The Balaban J connectivity index is 1.18. The monoisotopic (exact) mass is 432 g/mol. The van der Waals surface area contributed by atoms with Crippen molar-refractivity contribution in [2.24, 2.45) is 0 Å². The van der Waals surface area contributed by atoms with E-state index in [0.717, 1.165) is 21.5 Å². The number of nitrogens with zero attached hydrogens (tertiary/aromatic N) is 4. The van der Waals surface area contributed by atoms with Gasteiger partial charge in [0.2, 0.25) is 5.13 Å². The van der Waals surface area contributed by atoms with Gasteiger partial charge in [0.1, 0.15) is 10.7 Å². The highest BCUT2D eigenvalue weighted by atomic mass is 32.1. The van der Waals surface area contributed by atoms with Crippen LogP contribution in [-0.4, -0.2) is 63.1 Å². The summed E-state index contributed by atoms with van der Waals surface area (Å²) in [6.45, 7) is 1.88. The number of para-hydroxylation sites is 1. The summed E-state index contributed by atoms with van der Waals surface area (Å²) in [5.41, 5.74) is 2.47. The van der Waals surface area contributed by atoms with Crippen LogP contribution in [-0.2, 0) is 0 Å². The fraction of sp³-hybridized carbons (Fsp3) is 0.182. The fourth-order valence-corrected chi connectivity index (χ4v) is 4.35. The maximum Gasteiger partial charge on any atom is 0.323 e. The maximum absolute atomic E-state index is 12.8. The summed E-state index contributed by atoms with van der Waals surface area (Å²) in [5.74, 6) is -0.0483. The number of aromatic nitrogens is 3. The Labute approximate surface area is 182 Å². The molecule has 0 radical (unpaired) electrons. The summed E-state index contributed by atoms with van der Waals surface area (Å²) in [4.78, 5) is 32.1. The highest BCUT2D eigenvalue weighted by molar-refractivity contribution is 7.18. The first-order chi connectivity index (χ1) is 15.2. The normalized spacial score (nSPS) is 14.1. The second-order valence-electron chi connectivity index (χ2n) is 7.26. The summed E-state index contributed by atoms with van der Waals surface area (Å²) in [5, 5.41) is 13.3. The number of piperazine rings is 1. The van der Waals surface area contributed by atoms with E-state index in [4.69, 9.17) is 0 Å². The van der Waals surface area contributed by atoms with Gasteiger partial charge in [-0.3, -0.25) is 10.1 Å². The van der Waals surface area contributed by atoms with Crippen molar-refractivity contribution in [2.45, 2.75) is 0 Å². The summed E-state index contributed by atoms with van der Waals surface area (Å²) in [6, 6.07) is 19.2. The zero-order valence-electron chi connectivity index (χ0n) is 16.6. The average Bonchev–Trinajstić information content (AvgIpc) is 3.46. The van der Waals surface area contributed by atoms with E-state index in [9.17, 15) is 9.59 Å². The van der Waals surface area contributed by atoms with Crippen LogP contribution in [0.1, 0.15) is 10.5 Å². The molecular weight excluding hydrogens is 412 g/mol. The smallest absolute Gasteiger partial charge is 0.323 e. The van der Waals surface area contributed by atoms with E-state index in [1.807, 2.05) is 60.7 Å². The Kier molecular flexibility index (Phi) is 5.09. The van der Waals surface area contributed by atoms with Gasteiger partial charge in [-0.25, -0.2) is 4.79 Å². The van der Waals surface area contributed by atoms with Crippen LogP contribution in [0.4, 0.5) is 9.93 Å². The number of carbonyl (C=O) groups excluding carboxylic acids is 2. The van der Waals surface area contributed by atoms with Gasteiger partial charge >= 0.3 is 6.03 Å². The van der Waals surface area contributed by atoms with Gasteiger partial charge in [0, 0.05) is 42.6 Å². The van der Waals surface area contributed by atoms with Gasteiger partial charge < -0.3 is 14.8 Å². The van der Waals surface area contributed by atoms with E-state index in [2.05, 4.69) is 20.5 Å². The molecule has 9 heteroatoms. The van der Waals surface area contributed by atoms with Gasteiger partial charge in [-0.1, -0.05) is 59.9 Å². The largest absolute Gasteiger partial charge is 0.351 e. The zero-order valence-corrected chi connectivity index (χ0v) is 17.4. The van der Waals surface area contributed by atoms with Crippen LogP contribution in [0.2, 0.25) is 0 Å². The number of rotatable bonds is 3. The van der Waals surface area contributed by atoms with Gasteiger partial charge in [-0.2, -0.15) is 0 Å². The molecule has 31 heavy (non-hydrogen) atoms. The molecule has 1 aliphatic rings. The third kappa shape index (κ3) is 3.99. The number of nitrogens with one attached hydrogen (secondary N) is 2. The average molecular weight is 433 g/mol. The van der Waals surface area contributed by atoms with Gasteiger partial charge in [0.25, 0.3) is 5.91 Å². The highest BCUT2D eigenvalue weighted by Gasteiger charge is 2.26. The van der Waals surface area contributed by atoms with Gasteiger partial charge in [0.15, 0.2) is 0 Å². The molecule has 0 atom stereocenters. The lowest BCUT2D eigenvalue weighted by Crippen LogP contribution is -2.51. The lowest BCUT2D eigenvalue weighted by Gasteiger charge is -2.34. The molecule has 3 amide bonds. The molecule has 0 bridgehead atoms. The third-order valence-corrected chi connectivity index (χ3v) is 6.16. The molecule has 0 spiro atoms. The Hall–Kier alpha value is -3.72. The van der Waals surface area contributed by atoms with Crippen LogP contribution in [0.15, 0.2) is 60.7 Å². The number of benzene rings is 2. The first-order valence-electron chi connectivity index (χ1n) is 9.99. The van der Waals surface area contributed by atoms with Crippen molar-refractivity contribution < 1.29 is 9.59 Å². The standard InChI is InChI=1S/C22H20N6O2S/c29-20(18-14-16-8-4-5-9-17(16)23-18)27-10-12-28(13-11-27)22(30)24-21-26-25-19(31-21)15-6-2-1-3-7-15/h1-9,14,23H,10-13H2,(H,24,26,30). The summed E-state index contributed by atoms with van der Waals surface area (Å²) in [6.07, 6.45) is 0. The SMILES string of the molecule is O=C(Nc1nnc(-c2ccccc2)s1)N1CCN(C(=O)c2cc3ccccc3[nH]2)CC1. The van der Waals surface area contributed by atoms with Crippen molar-refractivity contribution in [1.82, 2.24) is 25.0 Å². The van der Waals surface area contributed by atoms with Crippen LogP contribution < -0.4 is 5.32 Å². The van der Waals surface area contributed by atoms with Crippen LogP contribution >= 0.6 is 11.3 Å². The van der Waals surface area contributed by atoms with Crippen molar-refractivity contribution in [2.75, 3.05) is 31.5 Å². The number of hydrogen-bond donors (Lipinski definition) is 2. The molecule has 1 aliphatic heterocycles. The van der Waals surface area contributed by atoms with Crippen molar-refractivity contribution in [3.8, 4) is 10.6 Å². The highest BCUT2D eigenvalue weighted by Crippen LogP contribution is 2.26. The Morgan fingerprint density at radius 3 is 2.39 bits per heavy atom. The summed E-state index contributed by atoms with van der Waals surface area (Å²) < 4.78 is 0. The van der Waals surface area contributed by atoms with Crippen molar-refractivity contribution in [3.63, 3.8) is 0 Å². The first kappa shape index (κ1) is 19.3. The van der Waals surface area contributed by atoms with Crippen molar-refractivity contribution in [3.05, 3.63) is 66.4 Å². The molecular formula is C22H20N6O2S. The predicted molar refractivity (Wildman–Crippen MR) is 120 cm³/mol. The van der Waals surface area contributed by atoms with E-state index >= 15 is 0 Å². The number of aromatic amines is 1. The van der Waals surface area contributed by atoms with Crippen LogP contribution in [0.5, 0.6) is 0 Å². The number of anilines is 1. The number of H-pyrrole nitrogens is 1. The molecule has 0 unspecified atom stereocenters. The summed E-state index contributed by atoms with van der Waals surface area (Å²) >= 11 is 1.33. The molecule has 8 nitrogen and oxygen atoms in total. The molecule has 156 valence electrons. The maximum atomic E-state index is 12.8. The van der Waals surface area contributed by atoms with Crippen molar-refractivity contribution >= 4 is 39.3 Å². The van der Waals surface area contributed by atoms with E-state index in [-0.39, 0.29) is 11.9 Å². The minimum Gasteiger partial charge on any atom is -0.351 e. The van der Waals surface area contributed by atoms with E-state index < -0.39 is 0 Å². The molecule has 4 aromatic rings. The molecule has 3 heterocycles. The van der Waals surface area contributed by atoms with Crippen LogP contribution in [0.25, 0.3) is 21.5 Å². The molecule has 1 saturated heterocycles. The minimum atomic E-state index is -0.228. The second kappa shape index (κ2) is 8.19. The molecule has 0 saturated carbocycles. The third-order valence-electron chi connectivity index (χ3n) is 5.27. The van der Waals surface area contributed by atoms with Gasteiger partial charge in [-0.05, 0) is 12.1 Å². The second-order valence-corrected chi connectivity index (χ2v) is 8.24. The molecule has 0 aliphatic carbocycles. The quantitative estimate of drug-likeness (QED) is 0.516. The van der Waals surface area contributed by atoms with E-state index in [1.54, 1.807) is 9.80 Å². The zero-order chi connectivity index (χ0) is 21.2. The molecule has 2 N–H and O–H groups in total. The van der Waals surface area contributed by atoms with E-state index in [1.165, 1.54) is 11.3 Å². The minimum absolute atomic E-state index is 0.0483. The van der Waals surface area contributed by atoms with Crippen molar-refractivity contribution in [1.29, 1.82) is 0 Å². The van der Waals surface area contributed by atoms with Gasteiger partial charge in [0.05, 0.1) is 0 Å². The van der Waals surface area contributed by atoms with Crippen LogP contribution in [0.3, 0.4) is 0 Å². The molecule has 2 aromatic carbocycles. The van der Waals surface area contributed by atoms with Crippen LogP contribution in [0, 0.1) is 0 Å². The lowest BCUT2D eigenvalue weighted by atomic mass is 10.2. The molecule has 1 fully saturated rings.